The molecule has 3 N–H and O–H groups in total. The van der Waals surface area contributed by atoms with Crippen molar-refractivity contribution in [2.75, 3.05) is 5.32 Å². The van der Waals surface area contributed by atoms with Gasteiger partial charge in [0.15, 0.2) is 0 Å². The molecule has 1 fully saturated rings. The van der Waals surface area contributed by atoms with Crippen LogP contribution >= 0.6 is 0 Å². The maximum atomic E-state index is 13.2. The third kappa shape index (κ3) is 7.97. The highest BCUT2D eigenvalue weighted by Crippen LogP contribution is 2.29. The zero-order valence-corrected chi connectivity index (χ0v) is 22.6. The summed E-state index contributed by atoms with van der Waals surface area (Å²) in [6.07, 6.45) is 11.6. The fourth-order valence-electron chi connectivity index (χ4n) is 5.25. The van der Waals surface area contributed by atoms with Crippen molar-refractivity contribution in [3.05, 3.63) is 94.0 Å². The van der Waals surface area contributed by atoms with Crippen molar-refractivity contribution in [3.8, 4) is 17.6 Å². The summed E-state index contributed by atoms with van der Waals surface area (Å²) in [5.41, 5.74) is 4.79. The van der Waals surface area contributed by atoms with E-state index < -0.39 is 5.97 Å². The number of anilines is 1. The van der Waals surface area contributed by atoms with Gasteiger partial charge >= 0.3 is 5.97 Å². The first kappa shape index (κ1) is 28.0. The lowest BCUT2D eigenvalue weighted by Gasteiger charge is -2.13. The topological polar surface area (TPSA) is 86.6 Å². The van der Waals surface area contributed by atoms with Crippen LogP contribution < -0.4 is 5.32 Å². The van der Waals surface area contributed by atoms with Crippen LogP contribution in [0.1, 0.15) is 101 Å². The summed E-state index contributed by atoms with van der Waals surface area (Å²) in [5.74, 6) is 5.39. The van der Waals surface area contributed by atoms with Crippen LogP contribution in [0.3, 0.4) is 0 Å². The van der Waals surface area contributed by atoms with E-state index in [1.165, 1.54) is 62.3 Å². The molecule has 0 atom stereocenters. The summed E-state index contributed by atoms with van der Waals surface area (Å²) in [7, 11) is 0. The van der Waals surface area contributed by atoms with Crippen LogP contribution in [0.5, 0.6) is 5.75 Å². The molecule has 0 bridgehead atoms. The third-order valence-corrected chi connectivity index (χ3v) is 7.49. The van der Waals surface area contributed by atoms with Gasteiger partial charge in [0, 0.05) is 28.4 Å². The first-order valence-corrected chi connectivity index (χ1v) is 14.0. The number of unbranched alkanes of at least 4 members (excludes halogenated alkanes) is 1. The van der Waals surface area contributed by atoms with Crippen molar-refractivity contribution in [1.82, 2.24) is 0 Å². The van der Waals surface area contributed by atoms with Crippen molar-refractivity contribution in [2.45, 2.75) is 71.1 Å². The minimum atomic E-state index is -1.22. The molecule has 0 aliphatic heterocycles. The minimum Gasteiger partial charge on any atom is -0.507 e. The molecule has 202 valence electrons. The molecule has 1 aliphatic rings. The average molecular weight is 524 g/mol. The molecule has 3 aromatic rings. The number of rotatable bonds is 10. The summed E-state index contributed by atoms with van der Waals surface area (Å²) in [4.78, 5) is 24.4. The maximum absolute atomic E-state index is 13.2. The van der Waals surface area contributed by atoms with Crippen LogP contribution in [0, 0.1) is 17.8 Å². The van der Waals surface area contributed by atoms with Crippen LogP contribution in [0.15, 0.2) is 60.7 Å². The second kappa shape index (κ2) is 13.7. The molecule has 3 aromatic carbocycles. The second-order valence-electron chi connectivity index (χ2n) is 10.5. The summed E-state index contributed by atoms with van der Waals surface area (Å²) in [6.45, 7) is 2.20. The number of phenols is 1. The van der Waals surface area contributed by atoms with E-state index in [4.69, 9.17) is 5.11 Å². The van der Waals surface area contributed by atoms with Gasteiger partial charge in [-0.1, -0.05) is 69.4 Å². The van der Waals surface area contributed by atoms with Crippen molar-refractivity contribution in [2.24, 2.45) is 5.92 Å². The number of carboxylic acids is 1. The van der Waals surface area contributed by atoms with E-state index in [9.17, 15) is 14.7 Å². The van der Waals surface area contributed by atoms with Crippen LogP contribution in [0.4, 0.5) is 5.69 Å². The smallest absolute Gasteiger partial charge is 0.339 e. The Bertz CT molecular complexity index is 1360. The fourth-order valence-corrected chi connectivity index (χ4v) is 5.25. The summed E-state index contributed by atoms with van der Waals surface area (Å²) in [6, 6.07) is 18.1. The van der Waals surface area contributed by atoms with E-state index >= 15 is 0 Å². The van der Waals surface area contributed by atoms with E-state index in [1.54, 1.807) is 0 Å². The molecular weight excluding hydrogens is 486 g/mol. The Hall–Kier alpha value is -4.04. The number of aromatic carboxylic acids is 1. The number of benzene rings is 3. The molecule has 0 aromatic heterocycles. The molecule has 0 unspecified atom stereocenters. The first-order chi connectivity index (χ1) is 18.9. The summed E-state index contributed by atoms with van der Waals surface area (Å²) in [5, 5.41) is 22.0. The lowest BCUT2D eigenvalue weighted by Crippen LogP contribution is -2.15. The normalized spacial score (nSPS) is 13.1. The second-order valence-corrected chi connectivity index (χ2v) is 10.5. The van der Waals surface area contributed by atoms with Gasteiger partial charge in [-0.05, 0) is 85.2 Å². The van der Waals surface area contributed by atoms with Crippen LogP contribution in [-0.4, -0.2) is 22.1 Å². The number of aromatic hydroxyl groups is 1. The predicted octanol–water partition coefficient (Wildman–Crippen LogP) is 7.60. The number of carbonyl (C=O) groups is 2. The highest BCUT2D eigenvalue weighted by Gasteiger charge is 2.17. The van der Waals surface area contributed by atoms with Gasteiger partial charge in [-0.3, -0.25) is 4.79 Å². The van der Waals surface area contributed by atoms with Crippen LogP contribution in [-0.2, 0) is 12.8 Å². The van der Waals surface area contributed by atoms with Gasteiger partial charge in [0.1, 0.15) is 11.3 Å². The number of hydrogen-bond acceptors (Lipinski definition) is 3. The molecule has 1 amide bonds. The van der Waals surface area contributed by atoms with E-state index in [0.29, 0.717) is 11.3 Å². The summed E-state index contributed by atoms with van der Waals surface area (Å²) >= 11 is 0. The van der Waals surface area contributed by atoms with E-state index in [2.05, 4.69) is 48.3 Å². The Labute approximate surface area is 231 Å². The van der Waals surface area contributed by atoms with Gasteiger partial charge in [-0.25, -0.2) is 4.79 Å². The lowest BCUT2D eigenvalue weighted by atomic mass is 9.94. The quantitative estimate of drug-likeness (QED) is 0.239. The zero-order valence-electron chi connectivity index (χ0n) is 22.6. The Morgan fingerprint density at radius 2 is 1.56 bits per heavy atom. The van der Waals surface area contributed by atoms with Crippen LogP contribution in [0.2, 0.25) is 0 Å². The Kier molecular flexibility index (Phi) is 9.80. The maximum Gasteiger partial charge on any atom is 0.339 e. The fraction of sp³-hybridized carbons (Fsp3) is 0.353. The number of carbonyl (C=O) groups excluding carboxylic acids is 1. The monoisotopic (exact) mass is 523 g/mol. The SMILES string of the molecule is CCCCc1ccc(C#Cc2ccc(C(=O)Nc3ccc(C(=O)O)c(O)c3)c(CCCC3CCCC3)c2)cc1. The van der Waals surface area contributed by atoms with Gasteiger partial charge in [-0.2, -0.15) is 0 Å². The molecule has 0 saturated heterocycles. The Morgan fingerprint density at radius 1 is 0.872 bits per heavy atom. The molecular formula is C34H37NO4. The van der Waals surface area contributed by atoms with Gasteiger partial charge < -0.3 is 15.5 Å². The molecule has 1 aliphatic carbocycles. The molecule has 0 spiro atoms. The third-order valence-electron chi connectivity index (χ3n) is 7.49. The number of aryl methyl sites for hydroxylation is 2. The molecule has 5 nitrogen and oxygen atoms in total. The van der Waals surface area contributed by atoms with Crippen molar-refractivity contribution < 1.29 is 19.8 Å². The minimum absolute atomic E-state index is 0.209. The van der Waals surface area contributed by atoms with E-state index in [-0.39, 0.29) is 17.2 Å². The van der Waals surface area contributed by atoms with Gasteiger partial charge in [0.25, 0.3) is 5.91 Å². The number of amides is 1. The Morgan fingerprint density at radius 3 is 2.26 bits per heavy atom. The molecule has 4 rings (SSSR count). The van der Waals surface area contributed by atoms with Gasteiger partial charge in [0.05, 0.1) is 0 Å². The molecule has 0 radical (unpaired) electrons. The Balaban J connectivity index is 1.52. The van der Waals surface area contributed by atoms with E-state index in [1.807, 2.05) is 18.2 Å². The molecule has 39 heavy (non-hydrogen) atoms. The molecule has 0 heterocycles. The largest absolute Gasteiger partial charge is 0.507 e. The van der Waals surface area contributed by atoms with E-state index in [0.717, 1.165) is 48.3 Å². The van der Waals surface area contributed by atoms with Crippen molar-refractivity contribution >= 4 is 17.6 Å². The van der Waals surface area contributed by atoms with Gasteiger partial charge in [-0.15, -0.1) is 0 Å². The lowest BCUT2D eigenvalue weighted by molar-refractivity contribution is 0.0693. The average Bonchev–Trinajstić information content (AvgIpc) is 3.45. The van der Waals surface area contributed by atoms with Crippen molar-refractivity contribution in [1.29, 1.82) is 0 Å². The highest BCUT2D eigenvalue weighted by atomic mass is 16.4. The molecule has 5 heteroatoms. The predicted molar refractivity (Wildman–Crippen MR) is 155 cm³/mol. The highest BCUT2D eigenvalue weighted by molar-refractivity contribution is 6.05. The number of nitrogens with one attached hydrogen (secondary N) is 1. The zero-order chi connectivity index (χ0) is 27.6. The van der Waals surface area contributed by atoms with Crippen LogP contribution in [0.25, 0.3) is 0 Å². The number of carboxylic acid groups (broad SMARTS) is 1. The number of hydrogen-bond donors (Lipinski definition) is 3. The van der Waals surface area contributed by atoms with Crippen molar-refractivity contribution in [3.63, 3.8) is 0 Å². The summed E-state index contributed by atoms with van der Waals surface area (Å²) < 4.78 is 0. The first-order valence-electron chi connectivity index (χ1n) is 14.0. The van der Waals surface area contributed by atoms with Gasteiger partial charge in [0.2, 0.25) is 0 Å². The molecule has 1 saturated carbocycles. The standard InChI is InChI=1S/C34H37NO4/c1-2-3-7-25-12-14-26(15-13-25)16-17-27-18-20-30(28(22-27)11-6-10-24-8-4-5-9-24)33(37)35-29-19-21-31(34(38)39)32(36)23-29/h12-15,18-24,36H,2-11H2,1H3,(H,35,37)(H,38,39).